The Hall–Kier alpha value is -0.540. The highest BCUT2D eigenvalue weighted by Crippen LogP contribution is 2.27. The Labute approximate surface area is 100 Å². The molecule has 0 radical (unpaired) electrons. The van der Waals surface area contributed by atoms with Crippen molar-refractivity contribution in [2.24, 2.45) is 0 Å². The van der Waals surface area contributed by atoms with Crippen molar-refractivity contribution >= 4 is 15.9 Å². The van der Waals surface area contributed by atoms with E-state index in [-0.39, 0.29) is 0 Å². The van der Waals surface area contributed by atoms with Crippen molar-refractivity contribution in [2.45, 2.75) is 27.3 Å². The number of halogens is 1. The summed E-state index contributed by atoms with van der Waals surface area (Å²) in [7, 11) is 0. The summed E-state index contributed by atoms with van der Waals surface area (Å²) in [6.07, 6.45) is 0. The van der Waals surface area contributed by atoms with E-state index >= 15 is 0 Å². The van der Waals surface area contributed by atoms with Crippen LogP contribution in [0.4, 0.5) is 0 Å². The first-order valence-electron chi connectivity index (χ1n) is 5.28. The normalized spacial score (nSPS) is 11.0. The van der Waals surface area contributed by atoms with Gasteiger partial charge in [0.25, 0.3) is 0 Å². The third-order valence-electron chi connectivity index (χ3n) is 2.63. The third kappa shape index (κ3) is 3.21. The van der Waals surface area contributed by atoms with Crippen molar-refractivity contribution in [3.63, 3.8) is 0 Å². The Kier molecular flexibility index (Phi) is 4.61. The molecule has 1 rings (SSSR count). The van der Waals surface area contributed by atoms with Gasteiger partial charge in [0, 0.05) is 16.6 Å². The lowest BCUT2D eigenvalue weighted by Gasteiger charge is -2.19. The summed E-state index contributed by atoms with van der Waals surface area (Å²) in [5.74, 6) is 0.421. The lowest BCUT2D eigenvalue weighted by atomic mass is 10.1. The third-order valence-corrected chi connectivity index (χ3v) is 3.09. The molecule has 0 bridgehead atoms. The second-order valence-corrected chi connectivity index (χ2v) is 4.61. The molecule has 0 heterocycles. The van der Waals surface area contributed by atoms with Crippen molar-refractivity contribution in [3.8, 4) is 5.75 Å². The van der Waals surface area contributed by atoms with Gasteiger partial charge in [-0.2, -0.15) is 0 Å². The Morgan fingerprint density at radius 1 is 1.27 bits per heavy atom. The Morgan fingerprint density at radius 3 is 2.40 bits per heavy atom. The largest absolute Gasteiger partial charge is 0.507 e. The summed E-state index contributed by atoms with van der Waals surface area (Å²) in [5, 5.41) is 9.91. The van der Waals surface area contributed by atoms with Gasteiger partial charge < -0.3 is 5.11 Å². The number of benzene rings is 1. The molecular weight excluding hydrogens is 254 g/mol. The fourth-order valence-corrected chi connectivity index (χ4v) is 2.23. The monoisotopic (exact) mass is 271 g/mol. The molecule has 1 aromatic carbocycles. The van der Waals surface area contributed by atoms with Crippen LogP contribution in [0.25, 0.3) is 0 Å². The van der Waals surface area contributed by atoms with Crippen molar-refractivity contribution in [1.29, 1.82) is 0 Å². The highest BCUT2D eigenvalue weighted by atomic mass is 79.9. The van der Waals surface area contributed by atoms with Gasteiger partial charge in [0.05, 0.1) is 0 Å². The van der Waals surface area contributed by atoms with Crippen molar-refractivity contribution < 1.29 is 5.11 Å². The molecule has 3 heteroatoms. The van der Waals surface area contributed by atoms with E-state index in [4.69, 9.17) is 0 Å². The molecule has 0 fully saturated rings. The lowest BCUT2D eigenvalue weighted by Crippen LogP contribution is -2.22. The molecule has 0 amide bonds. The molecular formula is C12H18BrNO. The van der Waals surface area contributed by atoms with Gasteiger partial charge in [-0.15, -0.1) is 0 Å². The van der Waals surface area contributed by atoms with E-state index in [1.807, 2.05) is 19.1 Å². The SMILES string of the molecule is CCN(CC)Cc1cc(Br)cc(C)c1O. The first-order valence-corrected chi connectivity index (χ1v) is 6.08. The molecule has 0 saturated carbocycles. The maximum absolute atomic E-state index is 9.91. The van der Waals surface area contributed by atoms with Crippen LogP contribution in [0.15, 0.2) is 16.6 Å². The highest BCUT2D eigenvalue weighted by molar-refractivity contribution is 9.10. The van der Waals surface area contributed by atoms with Crippen LogP contribution in [0, 0.1) is 6.92 Å². The molecule has 0 aliphatic heterocycles. The molecule has 15 heavy (non-hydrogen) atoms. The maximum Gasteiger partial charge on any atom is 0.123 e. The van der Waals surface area contributed by atoms with E-state index in [1.54, 1.807) is 0 Å². The summed E-state index contributed by atoms with van der Waals surface area (Å²) in [6.45, 7) is 8.99. The van der Waals surface area contributed by atoms with E-state index < -0.39 is 0 Å². The molecule has 0 unspecified atom stereocenters. The van der Waals surface area contributed by atoms with Gasteiger partial charge in [0.15, 0.2) is 0 Å². The quantitative estimate of drug-likeness (QED) is 0.909. The lowest BCUT2D eigenvalue weighted by molar-refractivity contribution is 0.290. The van der Waals surface area contributed by atoms with E-state index in [2.05, 4.69) is 34.7 Å². The van der Waals surface area contributed by atoms with Gasteiger partial charge in [-0.3, -0.25) is 4.90 Å². The number of hydrogen-bond donors (Lipinski definition) is 1. The number of aryl methyl sites for hydroxylation is 1. The standard InChI is InChI=1S/C12H18BrNO/c1-4-14(5-2)8-10-7-11(13)6-9(3)12(10)15/h6-7,15H,4-5,8H2,1-3H3. The van der Waals surface area contributed by atoms with Crippen LogP contribution in [0.3, 0.4) is 0 Å². The molecule has 1 N–H and O–H groups in total. The van der Waals surface area contributed by atoms with Crippen LogP contribution >= 0.6 is 15.9 Å². The summed E-state index contributed by atoms with van der Waals surface area (Å²) < 4.78 is 1.03. The smallest absolute Gasteiger partial charge is 0.123 e. The summed E-state index contributed by atoms with van der Waals surface area (Å²) in [6, 6.07) is 3.92. The second-order valence-electron chi connectivity index (χ2n) is 3.69. The molecule has 0 saturated heterocycles. The van der Waals surface area contributed by atoms with Crippen molar-refractivity contribution in [1.82, 2.24) is 4.90 Å². The zero-order valence-corrected chi connectivity index (χ0v) is 11.1. The van der Waals surface area contributed by atoms with Gasteiger partial charge in [0.1, 0.15) is 5.75 Å². The number of hydrogen-bond acceptors (Lipinski definition) is 2. The predicted octanol–water partition coefficient (Wildman–Crippen LogP) is 3.30. The topological polar surface area (TPSA) is 23.5 Å². The minimum absolute atomic E-state index is 0.421. The predicted molar refractivity (Wildman–Crippen MR) is 67.2 cm³/mol. The fourth-order valence-electron chi connectivity index (χ4n) is 1.61. The van der Waals surface area contributed by atoms with Crippen LogP contribution in [-0.4, -0.2) is 23.1 Å². The van der Waals surface area contributed by atoms with Gasteiger partial charge in [-0.05, 0) is 37.7 Å². The Bertz CT molecular complexity index is 335. The molecule has 0 spiro atoms. The minimum atomic E-state index is 0.421. The van der Waals surface area contributed by atoms with E-state index in [0.29, 0.717) is 5.75 Å². The van der Waals surface area contributed by atoms with Gasteiger partial charge in [0.2, 0.25) is 0 Å². The maximum atomic E-state index is 9.91. The zero-order valence-electron chi connectivity index (χ0n) is 9.55. The first-order chi connectivity index (χ1) is 7.08. The number of nitrogens with zero attached hydrogens (tertiary/aromatic N) is 1. The van der Waals surface area contributed by atoms with Crippen LogP contribution in [-0.2, 0) is 6.54 Å². The van der Waals surface area contributed by atoms with E-state index in [0.717, 1.165) is 35.2 Å². The summed E-state index contributed by atoms with van der Waals surface area (Å²) >= 11 is 3.45. The summed E-state index contributed by atoms with van der Waals surface area (Å²) in [4.78, 5) is 2.28. The zero-order chi connectivity index (χ0) is 11.4. The molecule has 2 nitrogen and oxygen atoms in total. The van der Waals surface area contributed by atoms with Gasteiger partial charge in [-0.25, -0.2) is 0 Å². The fraction of sp³-hybridized carbons (Fsp3) is 0.500. The average Bonchev–Trinajstić information content (AvgIpc) is 2.21. The first kappa shape index (κ1) is 12.5. The Morgan fingerprint density at radius 2 is 1.87 bits per heavy atom. The molecule has 0 atom stereocenters. The van der Waals surface area contributed by atoms with Gasteiger partial charge in [-0.1, -0.05) is 29.8 Å². The number of phenols is 1. The van der Waals surface area contributed by atoms with Crippen LogP contribution in [0.1, 0.15) is 25.0 Å². The molecule has 84 valence electrons. The molecule has 0 aliphatic carbocycles. The van der Waals surface area contributed by atoms with Crippen LogP contribution in [0.5, 0.6) is 5.75 Å². The van der Waals surface area contributed by atoms with Crippen LogP contribution in [0.2, 0.25) is 0 Å². The van der Waals surface area contributed by atoms with Crippen molar-refractivity contribution in [3.05, 3.63) is 27.7 Å². The minimum Gasteiger partial charge on any atom is -0.507 e. The number of aromatic hydroxyl groups is 1. The Balaban J connectivity index is 2.93. The second kappa shape index (κ2) is 5.52. The molecule has 0 aliphatic rings. The van der Waals surface area contributed by atoms with Crippen molar-refractivity contribution in [2.75, 3.05) is 13.1 Å². The molecule has 1 aromatic rings. The van der Waals surface area contributed by atoms with E-state index in [9.17, 15) is 5.11 Å². The summed E-state index contributed by atoms with van der Waals surface area (Å²) in [5.41, 5.74) is 1.91. The van der Waals surface area contributed by atoms with Gasteiger partial charge >= 0.3 is 0 Å². The number of rotatable bonds is 4. The number of phenolic OH excluding ortho intramolecular Hbond substituents is 1. The average molecular weight is 272 g/mol. The van der Waals surface area contributed by atoms with Crippen LogP contribution < -0.4 is 0 Å². The molecule has 0 aromatic heterocycles. The van der Waals surface area contributed by atoms with E-state index in [1.165, 1.54) is 0 Å². The highest BCUT2D eigenvalue weighted by Gasteiger charge is 2.09.